The van der Waals surface area contributed by atoms with E-state index in [-0.39, 0.29) is 5.56 Å². The first-order chi connectivity index (χ1) is 5.65. The van der Waals surface area contributed by atoms with E-state index in [1.807, 2.05) is 0 Å². The highest BCUT2D eigenvalue weighted by Crippen LogP contribution is 2.07. The summed E-state index contributed by atoms with van der Waals surface area (Å²) in [5.74, 6) is -2.41. The summed E-state index contributed by atoms with van der Waals surface area (Å²) >= 11 is 0. The van der Waals surface area contributed by atoms with Gasteiger partial charge >= 0.3 is 0 Å². The monoisotopic (exact) mass is 171 g/mol. The van der Waals surface area contributed by atoms with Crippen LogP contribution in [-0.4, -0.2) is 13.0 Å². The second kappa shape index (κ2) is 3.30. The molecule has 2 nitrogen and oxygen atoms in total. The molecule has 0 spiro atoms. The molecule has 0 atom stereocenters. The number of hydrogen-bond donors (Lipinski definition) is 1. The van der Waals surface area contributed by atoms with Crippen LogP contribution in [0, 0.1) is 11.6 Å². The first-order valence-electron chi connectivity index (χ1n) is 3.32. The van der Waals surface area contributed by atoms with E-state index >= 15 is 0 Å². The second-order valence-corrected chi connectivity index (χ2v) is 2.21. The van der Waals surface area contributed by atoms with Crippen molar-refractivity contribution in [2.75, 3.05) is 7.05 Å². The lowest BCUT2D eigenvalue weighted by molar-refractivity contribution is 0.0962. The van der Waals surface area contributed by atoms with Gasteiger partial charge in [0.05, 0.1) is 0 Å². The van der Waals surface area contributed by atoms with Crippen molar-refractivity contribution in [2.45, 2.75) is 0 Å². The number of hydrogen-bond acceptors (Lipinski definition) is 1. The van der Waals surface area contributed by atoms with Gasteiger partial charge in [0.1, 0.15) is 0 Å². The van der Waals surface area contributed by atoms with Gasteiger partial charge in [0, 0.05) is 12.6 Å². The molecule has 1 aromatic rings. The van der Waals surface area contributed by atoms with Gasteiger partial charge in [0.15, 0.2) is 11.6 Å². The van der Waals surface area contributed by atoms with Crippen molar-refractivity contribution >= 4 is 5.91 Å². The van der Waals surface area contributed by atoms with Crippen molar-refractivity contribution in [3.05, 3.63) is 35.4 Å². The maximum absolute atomic E-state index is 12.5. The number of rotatable bonds is 1. The second-order valence-electron chi connectivity index (χ2n) is 2.21. The summed E-state index contributed by atoms with van der Waals surface area (Å²) in [6, 6.07) is 2.99. The Bertz CT molecular complexity index is 312. The predicted molar refractivity (Wildman–Crippen MR) is 39.7 cm³/mol. The molecule has 0 radical (unpaired) electrons. The van der Waals surface area contributed by atoms with Crippen LogP contribution in [0.2, 0.25) is 0 Å². The zero-order chi connectivity index (χ0) is 9.14. The number of carbonyl (C=O) groups excluding carboxylic acids is 1. The van der Waals surface area contributed by atoms with E-state index in [2.05, 4.69) is 5.32 Å². The van der Waals surface area contributed by atoms with Crippen LogP contribution in [0.4, 0.5) is 8.78 Å². The van der Waals surface area contributed by atoms with E-state index in [9.17, 15) is 13.6 Å². The van der Waals surface area contributed by atoms with Crippen LogP contribution < -0.4 is 5.32 Å². The van der Waals surface area contributed by atoms with Crippen molar-refractivity contribution < 1.29 is 13.6 Å². The van der Waals surface area contributed by atoms with Gasteiger partial charge in [-0.1, -0.05) is 0 Å². The molecule has 0 aliphatic rings. The Labute approximate surface area is 68.2 Å². The quantitative estimate of drug-likeness (QED) is 0.678. The Hall–Kier alpha value is -1.45. The maximum Gasteiger partial charge on any atom is 0.251 e. The van der Waals surface area contributed by atoms with Crippen LogP contribution in [0.5, 0.6) is 0 Å². The molecule has 64 valence electrons. The van der Waals surface area contributed by atoms with Crippen molar-refractivity contribution in [3.8, 4) is 0 Å². The Kier molecular flexibility index (Phi) is 2.38. The Morgan fingerprint density at radius 1 is 1.33 bits per heavy atom. The molecule has 0 fully saturated rings. The highest BCUT2D eigenvalue weighted by atomic mass is 19.2. The highest BCUT2D eigenvalue weighted by Gasteiger charge is 2.06. The molecular formula is C8H7F2NO. The topological polar surface area (TPSA) is 29.1 Å². The molecule has 1 amide bonds. The lowest BCUT2D eigenvalue weighted by Crippen LogP contribution is -2.17. The third kappa shape index (κ3) is 1.58. The van der Waals surface area contributed by atoms with Crippen molar-refractivity contribution in [2.24, 2.45) is 0 Å². The normalized spacial score (nSPS) is 9.58. The summed E-state index contributed by atoms with van der Waals surface area (Å²) in [6.45, 7) is 0. The van der Waals surface area contributed by atoms with Crippen molar-refractivity contribution in [1.82, 2.24) is 5.32 Å². The van der Waals surface area contributed by atoms with Gasteiger partial charge in [-0.25, -0.2) is 8.78 Å². The summed E-state index contributed by atoms with van der Waals surface area (Å²) in [5.41, 5.74) is 0.108. The fourth-order valence-electron chi connectivity index (χ4n) is 0.782. The smallest absolute Gasteiger partial charge is 0.251 e. The number of benzene rings is 1. The zero-order valence-corrected chi connectivity index (χ0v) is 6.40. The maximum atomic E-state index is 12.5. The van der Waals surface area contributed by atoms with Crippen LogP contribution >= 0.6 is 0 Å². The van der Waals surface area contributed by atoms with Gasteiger partial charge in [-0.2, -0.15) is 0 Å². The molecule has 1 aromatic carbocycles. The zero-order valence-electron chi connectivity index (χ0n) is 6.40. The van der Waals surface area contributed by atoms with Crippen LogP contribution in [0.25, 0.3) is 0 Å². The minimum absolute atomic E-state index is 0.108. The lowest BCUT2D eigenvalue weighted by Gasteiger charge is -1.99. The molecule has 0 saturated carbocycles. The molecule has 1 N–H and O–H groups in total. The molecule has 0 aromatic heterocycles. The molecule has 4 heteroatoms. The number of halogens is 2. The largest absolute Gasteiger partial charge is 0.355 e. The predicted octanol–water partition coefficient (Wildman–Crippen LogP) is 1.32. The van der Waals surface area contributed by atoms with Gasteiger partial charge in [-0.05, 0) is 18.2 Å². The van der Waals surface area contributed by atoms with Crippen LogP contribution in [-0.2, 0) is 0 Å². The Morgan fingerprint density at radius 3 is 2.50 bits per heavy atom. The summed E-state index contributed by atoms with van der Waals surface area (Å²) in [7, 11) is 1.42. The molecule has 12 heavy (non-hydrogen) atoms. The van der Waals surface area contributed by atoms with Crippen molar-refractivity contribution in [3.63, 3.8) is 0 Å². The number of nitrogens with one attached hydrogen (secondary N) is 1. The highest BCUT2D eigenvalue weighted by molar-refractivity contribution is 5.93. The molecule has 0 aliphatic carbocycles. The van der Waals surface area contributed by atoms with Crippen molar-refractivity contribution in [1.29, 1.82) is 0 Å². The van der Waals surface area contributed by atoms with E-state index in [1.54, 1.807) is 0 Å². The minimum Gasteiger partial charge on any atom is -0.355 e. The van der Waals surface area contributed by atoms with Crippen LogP contribution in [0.15, 0.2) is 18.2 Å². The van der Waals surface area contributed by atoms with E-state index in [4.69, 9.17) is 0 Å². The molecule has 0 heterocycles. The number of amides is 1. The SMILES string of the molecule is CNC(=O)c1ccc(F)c(F)c1. The molecule has 1 rings (SSSR count). The van der Waals surface area contributed by atoms with Gasteiger partial charge in [0.25, 0.3) is 5.91 Å². The minimum atomic E-state index is -1.02. The van der Waals surface area contributed by atoms with Gasteiger partial charge in [0.2, 0.25) is 0 Å². The summed E-state index contributed by atoms with van der Waals surface area (Å²) in [5, 5.41) is 2.30. The van der Waals surface area contributed by atoms with Gasteiger partial charge in [-0.15, -0.1) is 0 Å². The molecule has 0 aliphatic heterocycles. The molecule has 0 saturated heterocycles. The standard InChI is InChI=1S/C8H7F2NO/c1-11-8(12)5-2-3-6(9)7(10)4-5/h2-4H,1H3,(H,11,12). The van der Waals surface area contributed by atoms with E-state index in [0.29, 0.717) is 0 Å². The Balaban J connectivity index is 3.05. The summed E-state index contributed by atoms with van der Waals surface area (Å²) < 4.78 is 24.9. The third-order valence-electron chi connectivity index (χ3n) is 1.41. The summed E-state index contributed by atoms with van der Waals surface area (Å²) in [4.78, 5) is 10.9. The first-order valence-corrected chi connectivity index (χ1v) is 3.32. The van der Waals surface area contributed by atoms with Gasteiger partial charge < -0.3 is 5.32 Å². The Morgan fingerprint density at radius 2 is 2.00 bits per heavy atom. The van der Waals surface area contributed by atoms with Crippen LogP contribution in [0.3, 0.4) is 0 Å². The van der Waals surface area contributed by atoms with E-state index in [1.165, 1.54) is 13.1 Å². The molecule has 0 bridgehead atoms. The average molecular weight is 171 g/mol. The fourth-order valence-corrected chi connectivity index (χ4v) is 0.782. The fraction of sp³-hybridized carbons (Fsp3) is 0.125. The molecule has 0 unspecified atom stereocenters. The third-order valence-corrected chi connectivity index (χ3v) is 1.41. The van der Waals surface area contributed by atoms with E-state index < -0.39 is 17.5 Å². The average Bonchev–Trinajstić information content (AvgIpc) is 2.08. The first kappa shape index (κ1) is 8.64. The van der Waals surface area contributed by atoms with Crippen LogP contribution in [0.1, 0.15) is 10.4 Å². The van der Waals surface area contributed by atoms with Gasteiger partial charge in [-0.3, -0.25) is 4.79 Å². The van der Waals surface area contributed by atoms with E-state index in [0.717, 1.165) is 12.1 Å². The molecular weight excluding hydrogens is 164 g/mol. The lowest BCUT2D eigenvalue weighted by atomic mass is 10.2. The number of carbonyl (C=O) groups is 1. The summed E-state index contributed by atoms with van der Waals surface area (Å²) in [6.07, 6.45) is 0.